The average Bonchev–Trinajstić information content (AvgIpc) is 1.56. The van der Waals surface area contributed by atoms with Crippen LogP contribution in [0.2, 0.25) is 0 Å². The molecule has 3 saturated carbocycles. The van der Waals surface area contributed by atoms with Crippen LogP contribution in [0.25, 0.3) is 0 Å². The third kappa shape index (κ3) is 0.576. The summed E-state index contributed by atoms with van der Waals surface area (Å²) >= 11 is 0. The Morgan fingerprint density at radius 2 is 1.80 bits per heavy atom. The standard InChI is InChI=1S/C7H13N3/c1-6-2-7(3-6,4-6)10-5(8)9/h2-4H2,1H3,(H4,8,9,10). The van der Waals surface area contributed by atoms with Crippen molar-refractivity contribution in [3.8, 4) is 0 Å². The zero-order valence-electron chi connectivity index (χ0n) is 6.22. The Labute approximate surface area is 60.5 Å². The molecule has 3 fully saturated rings. The van der Waals surface area contributed by atoms with Crippen molar-refractivity contribution in [2.75, 3.05) is 0 Å². The summed E-state index contributed by atoms with van der Waals surface area (Å²) in [6.45, 7) is 2.29. The predicted octanol–water partition coefficient (Wildman–Crippen LogP) is 0.202. The first-order valence-electron chi connectivity index (χ1n) is 3.65. The molecule has 3 aliphatic carbocycles. The highest BCUT2D eigenvalue weighted by atomic mass is 15.1. The molecule has 4 N–H and O–H groups in total. The smallest absolute Gasteiger partial charge is 0.186 e. The van der Waals surface area contributed by atoms with Gasteiger partial charge in [-0.2, -0.15) is 0 Å². The van der Waals surface area contributed by atoms with Crippen molar-refractivity contribution in [2.24, 2.45) is 21.9 Å². The van der Waals surface area contributed by atoms with Crippen LogP contribution in [-0.4, -0.2) is 11.5 Å². The van der Waals surface area contributed by atoms with Gasteiger partial charge in [-0.15, -0.1) is 0 Å². The SMILES string of the molecule is CC12CC(N=C(N)N)(C1)C2. The molecular weight excluding hydrogens is 126 g/mol. The van der Waals surface area contributed by atoms with Gasteiger partial charge in [-0.25, -0.2) is 4.99 Å². The first-order valence-corrected chi connectivity index (χ1v) is 3.65. The number of nitrogens with zero attached hydrogens (tertiary/aromatic N) is 1. The molecule has 0 heterocycles. The summed E-state index contributed by atoms with van der Waals surface area (Å²) < 4.78 is 0. The lowest BCUT2D eigenvalue weighted by atomic mass is 9.40. The second kappa shape index (κ2) is 1.31. The summed E-state index contributed by atoms with van der Waals surface area (Å²) in [5.74, 6) is 0.252. The van der Waals surface area contributed by atoms with E-state index in [1.807, 2.05) is 0 Å². The molecule has 0 aromatic rings. The van der Waals surface area contributed by atoms with Crippen molar-refractivity contribution in [3.63, 3.8) is 0 Å². The largest absolute Gasteiger partial charge is 0.370 e. The van der Waals surface area contributed by atoms with Crippen molar-refractivity contribution >= 4 is 5.96 Å². The van der Waals surface area contributed by atoms with Gasteiger partial charge in [0.05, 0.1) is 5.54 Å². The molecule has 10 heavy (non-hydrogen) atoms. The van der Waals surface area contributed by atoms with E-state index in [4.69, 9.17) is 11.5 Å². The van der Waals surface area contributed by atoms with Crippen LogP contribution in [0.5, 0.6) is 0 Å². The number of hydrogen-bond acceptors (Lipinski definition) is 1. The van der Waals surface area contributed by atoms with Gasteiger partial charge in [0.2, 0.25) is 0 Å². The van der Waals surface area contributed by atoms with Crippen LogP contribution in [0.15, 0.2) is 4.99 Å². The van der Waals surface area contributed by atoms with E-state index in [1.54, 1.807) is 0 Å². The normalized spacial score (nSPS) is 48.9. The third-order valence-electron chi connectivity index (χ3n) is 2.63. The number of aliphatic imine (C=N–C) groups is 1. The van der Waals surface area contributed by atoms with Gasteiger partial charge in [0, 0.05) is 0 Å². The molecule has 0 saturated heterocycles. The van der Waals surface area contributed by atoms with Crippen molar-refractivity contribution in [1.82, 2.24) is 0 Å². The van der Waals surface area contributed by atoms with Gasteiger partial charge in [0.15, 0.2) is 5.96 Å². The maximum absolute atomic E-state index is 5.28. The first kappa shape index (κ1) is 6.01. The minimum atomic E-state index is 0.188. The Kier molecular flexibility index (Phi) is 0.787. The average molecular weight is 139 g/mol. The van der Waals surface area contributed by atoms with E-state index in [1.165, 1.54) is 19.3 Å². The summed E-state index contributed by atoms with van der Waals surface area (Å²) in [6.07, 6.45) is 3.58. The van der Waals surface area contributed by atoms with E-state index < -0.39 is 0 Å². The summed E-state index contributed by atoms with van der Waals surface area (Å²) in [7, 11) is 0. The van der Waals surface area contributed by atoms with Crippen molar-refractivity contribution in [1.29, 1.82) is 0 Å². The monoisotopic (exact) mass is 139 g/mol. The van der Waals surface area contributed by atoms with Crippen LogP contribution in [-0.2, 0) is 0 Å². The molecule has 0 spiro atoms. The zero-order valence-corrected chi connectivity index (χ0v) is 6.22. The van der Waals surface area contributed by atoms with Gasteiger partial charge >= 0.3 is 0 Å². The molecule has 0 aromatic heterocycles. The van der Waals surface area contributed by atoms with Gasteiger partial charge in [-0.1, -0.05) is 6.92 Å². The summed E-state index contributed by atoms with van der Waals surface area (Å²) in [4.78, 5) is 4.20. The lowest BCUT2D eigenvalue weighted by molar-refractivity contribution is -0.113. The molecule has 3 rings (SSSR count). The fraction of sp³-hybridized carbons (Fsp3) is 0.857. The maximum Gasteiger partial charge on any atom is 0.186 e. The van der Waals surface area contributed by atoms with Crippen LogP contribution >= 0.6 is 0 Å². The maximum atomic E-state index is 5.28. The summed E-state index contributed by atoms with van der Waals surface area (Å²) in [6, 6.07) is 0. The molecule has 3 heteroatoms. The topological polar surface area (TPSA) is 64.4 Å². The van der Waals surface area contributed by atoms with E-state index >= 15 is 0 Å². The van der Waals surface area contributed by atoms with Crippen molar-refractivity contribution in [3.05, 3.63) is 0 Å². The molecule has 0 unspecified atom stereocenters. The van der Waals surface area contributed by atoms with E-state index in [0.717, 1.165) is 0 Å². The first-order chi connectivity index (χ1) is 4.54. The highest BCUT2D eigenvalue weighted by Crippen LogP contribution is 2.68. The Hall–Kier alpha value is -0.730. The van der Waals surface area contributed by atoms with E-state index in [0.29, 0.717) is 5.41 Å². The lowest BCUT2D eigenvalue weighted by Gasteiger charge is -2.67. The molecule has 0 aromatic carbocycles. The van der Waals surface area contributed by atoms with E-state index in [2.05, 4.69) is 11.9 Å². The van der Waals surface area contributed by atoms with Crippen LogP contribution in [0.1, 0.15) is 26.2 Å². The van der Waals surface area contributed by atoms with E-state index in [9.17, 15) is 0 Å². The molecule has 3 nitrogen and oxygen atoms in total. The highest BCUT2D eigenvalue weighted by molar-refractivity contribution is 5.76. The molecule has 0 radical (unpaired) electrons. The molecule has 56 valence electrons. The predicted molar refractivity (Wildman–Crippen MR) is 40.5 cm³/mol. The van der Waals surface area contributed by atoms with Crippen molar-refractivity contribution in [2.45, 2.75) is 31.7 Å². The van der Waals surface area contributed by atoms with Crippen molar-refractivity contribution < 1.29 is 0 Å². The van der Waals surface area contributed by atoms with Gasteiger partial charge in [0.25, 0.3) is 0 Å². The van der Waals surface area contributed by atoms with Gasteiger partial charge in [-0.3, -0.25) is 0 Å². The molecule has 3 aliphatic rings. The molecule has 0 atom stereocenters. The number of guanidine groups is 1. The van der Waals surface area contributed by atoms with Gasteiger partial charge in [0.1, 0.15) is 0 Å². The van der Waals surface area contributed by atoms with Crippen LogP contribution in [0.3, 0.4) is 0 Å². The lowest BCUT2D eigenvalue weighted by Crippen LogP contribution is -2.65. The molecule has 0 aliphatic heterocycles. The van der Waals surface area contributed by atoms with Crippen LogP contribution in [0.4, 0.5) is 0 Å². The number of nitrogens with two attached hydrogens (primary N) is 2. The Morgan fingerprint density at radius 3 is 2.10 bits per heavy atom. The molecule has 2 bridgehead atoms. The fourth-order valence-electron chi connectivity index (χ4n) is 2.62. The second-order valence-corrected chi connectivity index (χ2v) is 4.10. The van der Waals surface area contributed by atoms with E-state index in [-0.39, 0.29) is 11.5 Å². The summed E-state index contributed by atoms with van der Waals surface area (Å²) in [5.41, 5.74) is 11.4. The Bertz CT molecular complexity index is 183. The van der Waals surface area contributed by atoms with Gasteiger partial charge in [-0.05, 0) is 24.7 Å². The zero-order chi connectivity index (χ0) is 7.41. The number of hydrogen-bond donors (Lipinski definition) is 2. The minimum absolute atomic E-state index is 0.188. The molecule has 0 amide bonds. The number of rotatable bonds is 1. The van der Waals surface area contributed by atoms with Crippen LogP contribution < -0.4 is 11.5 Å². The quantitative estimate of drug-likeness (QED) is 0.402. The van der Waals surface area contributed by atoms with Crippen LogP contribution in [0, 0.1) is 5.41 Å². The Morgan fingerprint density at radius 1 is 1.30 bits per heavy atom. The Balaban J connectivity index is 2.05. The summed E-state index contributed by atoms with van der Waals surface area (Å²) in [5, 5.41) is 0. The highest BCUT2D eigenvalue weighted by Gasteiger charge is 2.65. The minimum Gasteiger partial charge on any atom is -0.370 e. The van der Waals surface area contributed by atoms with Gasteiger partial charge < -0.3 is 11.5 Å². The second-order valence-electron chi connectivity index (χ2n) is 4.10. The molecular formula is C7H13N3. The third-order valence-corrected chi connectivity index (χ3v) is 2.63. The fourth-order valence-corrected chi connectivity index (χ4v) is 2.62.